The molecule has 2 aromatic rings. The third kappa shape index (κ3) is 2.96. The molecule has 0 spiro atoms. The van der Waals surface area contributed by atoms with Gasteiger partial charge in [0.05, 0.1) is 11.3 Å². The number of hydrogen-bond acceptors (Lipinski definition) is 3. The number of amides is 1. The van der Waals surface area contributed by atoms with Crippen LogP contribution in [-0.2, 0) is 6.42 Å². The summed E-state index contributed by atoms with van der Waals surface area (Å²) < 4.78 is 5.39. The second kappa shape index (κ2) is 6.18. The predicted octanol–water partition coefficient (Wildman–Crippen LogP) is 3.76. The van der Waals surface area contributed by atoms with Crippen molar-refractivity contribution in [3.05, 3.63) is 58.5 Å². The number of carbonyl (C=O) groups is 1. The van der Waals surface area contributed by atoms with Gasteiger partial charge in [-0.2, -0.15) is 5.10 Å². The van der Waals surface area contributed by atoms with E-state index in [1.807, 2.05) is 13.0 Å². The lowest BCUT2D eigenvalue weighted by Crippen LogP contribution is -2.20. The summed E-state index contributed by atoms with van der Waals surface area (Å²) in [5.74, 6) is 1.13. The van der Waals surface area contributed by atoms with Crippen LogP contribution in [0.4, 0.5) is 0 Å². The number of rotatable bonds is 2. The smallest absolute Gasteiger partial charge is 0.274 e. The predicted molar refractivity (Wildman–Crippen MR) is 86.2 cm³/mol. The number of aryl methyl sites for hydroxylation is 3. The summed E-state index contributed by atoms with van der Waals surface area (Å²) in [5.41, 5.74) is 6.65. The molecule has 0 radical (unpaired) electrons. The van der Waals surface area contributed by atoms with Crippen molar-refractivity contribution in [2.75, 3.05) is 0 Å². The molecule has 1 heterocycles. The Morgan fingerprint density at radius 3 is 2.73 bits per heavy atom. The quantitative estimate of drug-likeness (QED) is 0.677. The molecule has 0 unspecified atom stereocenters. The number of fused-ring (bicyclic) bond motifs is 1. The van der Waals surface area contributed by atoms with Crippen LogP contribution in [0.15, 0.2) is 39.9 Å². The van der Waals surface area contributed by atoms with Crippen LogP contribution >= 0.6 is 0 Å². The fraction of sp³-hybridized carbons (Fsp3) is 0.333. The van der Waals surface area contributed by atoms with Crippen LogP contribution in [-0.4, -0.2) is 11.6 Å². The van der Waals surface area contributed by atoms with Crippen molar-refractivity contribution in [3.63, 3.8) is 0 Å². The van der Waals surface area contributed by atoms with Gasteiger partial charge in [-0.3, -0.25) is 4.79 Å². The van der Waals surface area contributed by atoms with E-state index in [1.54, 1.807) is 13.0 Å². The molecule has 1 amide bonds. The van der Waals surface area contributed by atoms with E-state index in [1.165, 1.54) is 5.56 Å². The maximum absolute atomic E-state index is 12.2. The molecule has 3 rings (SSSR count). The van der Waals surface area contributed by atoms with Crippen molar-refractivity contribution < 1.29 is 9.21 Å². The van der Waals surface area contributed by atoms with E-state index in [9.17, 15) is 4.79 Å². The molecule has 1 aromatic carbocycles. The Morgan fingerprint density at radius 1 is 1.18 bits per heavy atom. The average Bonchev–Trinajstić information content (AvgIpc) is 2.73. The first-order chi connectivity index (χ1) is 10.6. The maximum atomic E-state index is 12.2. The third-order valence-electron chi connectivity index (χ3n) is 4.02. The van der Waals surface area contributed by atoms with Gasteiger partial charge in [-0.1, -0.05) is 24.3 Å². The summed E-state index contributed by atoms with van der Waals surface area (Å²) in [6, 6.07) is 10.0. The van der Waals surface area contributed by atoms with Crippen LogP contribution in [0.5, 0.6) is 0 Å². The second-order valence-electron chi connectivity index (χ2n) is 5.69. The molecule has 1 aliphatic carbocycles. The third-order valence-corrected chi connectivity index (χ3v) is 4.02. The molecular formula is C18H20N2O2. The molecule has 114 valence electrons. The van der Waals surface area contributed by atoms with Gasteiger partial charge in [0, 0.05) is 5.56 Å². The van der Waals surface area contributed by atoms with Crippen LogP contribution in [0.2, 0.25) is 0 Å². The number of hydrazone groups is 1. The first kappa shape index (κ1) is 14.6. The summed E-state index contributed by atoms with van der Waals surface area (Å²) >= 11 is 0. The molecule has 0 aliphatic heterocycles. The van der Waals surface area contributed by atoms with Gasteiger partial charge >= 0.3 is 0 Å². The molecule has 22 heavy (non-hydrogen) atoms. The summed E-state index contributed by atoms with van der Waals surface area (Å²) in [5, 5.41) is 4.39. The summed E-state index contributed by atoms with van der Waals surface area (Å²) in [6.07, 6.45) is 4.21. The molecule has 1 N–H and O–H groups in total. The van der Waals surface area contributed by atoms with Gasteiger partial charge < -0.3 is 4.42 Å². The normalized spacial score (nSPS) is 16.2. The van der Waals surface area contributed by atoms with E-state index < -0.39 is 0 Å². The topological polar surface area (TPSA) is 54.6 Å². The van der Waals surface area contributed by atoms with E-state index >= 15 is 0 Å². The Kier molecular flexibility index (Phi) is 4.09. The zero-order valence-electron chi connectivity index (χ0n) is 13.0. The fourth-order valence-corrected chi connectivity index (χ4v) is 2.91. The number of nitrogens with one attached hydrogen (secondary N) is 1. The van der Waals surface area contributed by atoms with E-state index in [2.05, 4.69) is 28.7 Å². The van der Waals surface area contributed by atoms with Gasteiger partial charge in [0.15, 0.2) is 0 Å². The van der Waals surface area contributed by atoms with E-state index in [0.29, 0.717) is 11.3 Å². The van der Waals surface area contributed by atoms with Crippen molar-refractivity contribution >= 4 is 11.6 Å². The highest BCUT2D eigenvalue weighted by Gasteiger charge is 2.16. The van der Waals surface area contributed by atoms with Gasteiger partial charge in [-0.05, 0) is 51.2 Å². The summed E-state index contributed by atoms with van der Waals surface area (Å²) in [4.78, 5) is 12.2. The van der Waals surface area contributed by atoms with Gasteiger partial charge in [0.1, 0.15) is 11.5 Å². The van der Waals surface area contributed by atoms with Crippen molar-refractivity contribution in [1.29, 1.82) is 0 Å². The van der Waals surface area contributed by atoms with Crippen molar-refractivity contribution in [1.82, 2.24) is 5.43 Å². The summed E-state index contributed by atoms with van der Waals surface area (Å²) in [6.45, 7) is 3.62. The molecule has 1 aliphatic rings. The largest absolute Gasteiger partial charge is 0.466 e. The molecule has 0 saturated carbocycles. The number of carbonyl (C=O) groups excluding carboxylic acids is 1. The zero-order valence-corrected chi connectivity index (χ0v) is 13.0. The van der Waals surface area contributed by atoms with Crippen LogP contribution in [0.25, 0.3) is 0 Å². The number of nitrogens with zero attached hydrogens (tertiary/aromatic N) is 1. The van der Waals surface area contributed by atoms with E-state index in [-0.39, 0.29) is 5.91 Å². The van der Waals surface area contributed by atoms with Crippen LogP contribution in [0.1, 0.15) is 52.3 Å². The number of hydrogen-bond donors (Lipinski definition) is 1. The van der Waals surface area contributed by atoms with Gasteiger partial charge in [0.25, 0.3) is 5.91 Å². The first-order valence-electron chi connectivity index (χ1n) is 7.67. The van der Waals surface area contributed by atoms with Gasteiger partial charge in [-0.15, -0.1) is 0 Å². The minimum Gasteiger partial charge on any atom is -0.466 e. The van der Waals surface area contributed by atoms with Crippen molar-refractivity contribution in [3.8, 4) is 0 Å². The molecule has 4 nitrogen and oxygen atoms in total. The van der Waals surface area contributed by atoms with Gasteiger partial charge in [-0.25, -0.2) is 5.43 Å². The highest BCUT2D eigenvalue weighted by molar-refractivity contribution is 6.03. The Balaban J connectivity index is 1.83. The molecule has 0 fully saturated rings. The SMILES string of the molecule is Cc1cc(C(=O)N/N=C2/CCCCc3ccccc32)c(C)o1. The highest BCUT2D eigenvalue weighted by Crippen LogP contribution is 2.21. The molecule has 4 heteroatoms. The van der Waals surface area contributed by atoms with Crippen molar-refractivity contribution in [2.24, 2.45) is 5.10 Å². The molecule has 0 atom stereocenters. The molecule has 0 saturated heterocycles. The highest BCUT2D eigenvalue weighted by atomic mass is 16.3. The standard InChI is InChI=1S/C18H20N2O2/c1-12-11-16(13(2)22-12)18(21)20-19-17-10-6-4-8-14-7-3-5-9-15(14)17/h3,5,7,9,11H,4,6,8,10H2,1-2H3,(H,20,21)/b19-17-. The van der Waals surface area contributed by atoms with E-state index in [0.717, 1.165) is 42.7 Å². The van der Waals surface area contributed by atoms with Crippen LogP contribution in [0, 0.1) is 13.8 Å². The second-order valence-corrected chi connectivity index (χ2v) is 5.69. The van der Waals surface area contributed by atoms with Crippen LogP contribution < -0.4 is 5.43 Å². The first-order valence-corrected chi connectivity index (χ1v) is 7.67. The Labute approximate surface area is 130 Å². The van der Waals surface area contributed by atoms with Crippen molar-refractivity contribution in [2.45, 2.75) is 39.5 Å². The Bertz CT molecular complexity index is 728. The molecule has 1 aromatic heterocycles. The number of furan rings is 1. The lowest BCUT2D eigenvalue weighted by molar-refractivity contribution is 0.0953. The number of benzene rings is 1. The minimum absolute atomic E-state index is 0.219. The average molecular weight is 296 g/mol. The lowest BCUT2D eigenvalue weighted by atomic mass is 10.0. The minimum atomic E-state index is -0.219. The Morgan fingerprint density at radius 2 is 1.95 bits per heavy atom. The molecular weight excluding hydrogens is 276 g/mol. The Hall–Kier alpha value is -2.36. The molecule has 0 bridgehead atoms. The lowest BCUT2D eigenvalue weighted by Gasteiger charge is -2.07. The monoisotopic (exact) mass is 296 g/mol. The zero-order chi connectivity index (χ0) is 15.5. The summed E-state index contributed by atoms with van der Waals surface area (Å²) in [7, 11) is 0. The maximum Gasteiger partial charge on any atom is 0.274 e. The van der Waals surface area contributed by atoms with Crippen LogP contribution in [0.3, 0.4) is 0 Å². The fourth-order valence-electron chi connectivity index (χ4n) is 2.91. The van der Waals surface area contributed by atoms with Gasteiger partial charge in [0.2, 0.25) is 0 Å². The van der Waals surface area contributed by atoms with E-state index in [4.69, 9.17) is 4.42 Å².